The molecule has 1 saturated heterocycles. The number of pyridine rings is 1. The number of hydrogen-bond donors (Lipinski definition) is 0. The molecule has 12 heteroatoms. The quantitative estimate of drug-likeness (QED) is 0.501. The third-order valence-corrected chi connectivity index (χ3v) is 6.19. The first-order valence-electron chi connectivity index (χ1n) is 8.55. The minimum Gasteiger partial charge on any atom is -0.476 e. The zero-order valence-electron chi connectivity index (χ0n) is 15.1. The predicted octanol–water partition coefficient (Wildman–Crippen LogP) is 1.04. The lowest BCUT2D eigenvalue weighted by Gasteiger charge is -2.33. The number of carbonyl (C=O) groups excluding carboxylic acids is 1. The van der Waals surface area contributed by atoms with Gasteiger partial charge in [-0.3, -0.25) is 4.79 Å². The Hall–Kier alpha value is -3.12. The Morgan fingerprint density at radius 2 is 1.93 bits per heavy atom. The molecule has 1 aromatic carbocycles. The van der Waals surface area contributed by atoms with Crippen molar-refractivity contribution in [3.8, 4) is 5.75 Å². The summed E-state index contributed by atoms with van der Waals surface area (Å²) in [6, 6.07) is 7.51. The van der Waals surface area contributed by atoms with Crippen LogP contribution in [0.1, 0.15) is 0 Å². The average Bonchev–Trinajstić information content (AvgIpc) is 2.72. The van der Waals surface area contributed by atoms with Crippen molar-refractivity contribution in [1.29, 1.82) is 0 Å². The molecule has 29 heavy (non-hydrogen) atoms. The molecule has 10 nitrogen and oxygen atoms in total. The van der Waals surface area contributed by atoms with Gasteiger partial charge in [-0.15, -0.1) is 0 Å². The summed E-state index contributed by atoms with van der Waals surface area (Å²) in [4.78, 5) is 27.4. The van der Waals surface area contributed by atoms with Gasteiger partial charge in [0.25, 0.3) is 5.91 Å². The van der Waals surface area contributed by atoms with Gasteiger partial charge in [0.2, 0.25) is 15.8 Å². The molecule has 1 aromatic heterocycles. The van der Waals surface area contributed by atoms with E-state index in [2.05, 4.69) is 4.98 Å². The highest BCUT2D eigenvalue weighted by Gasteiger charge is 2.30. The molecule has 0 N–H and O–H groups in total. The van der Waals surface area contributed by atoms with Gasteiger partial charge in [0.1, 0.15) is 12.0 Å². The molecular formula is C17H17FN4O6S. The van der Waals surface area contributed by atoms with E-state index in [4.69, 9.17) is 4.74 Å². The molecule has 1 aliphatic rings. The van der Waals surface area contributed by atoms with E-state index < -0.39 is 39.1 Å². The summed E-state index contributed by atoms with van der Waals surface area (Å²) < 4.78 is 44.9. The van der Waals surface area contributed by atoms with E-state index in [0.717, 1.165) is 12.1 Å². The highest BCUT2D eigenvalue weighted by molar-refractivity contribution is 7.89. The number of piperazine rings is 1. The molecule has 0 unspecified atom stereocenters. The molecule has 2 aromatic rings. The van der Waals surface area contributed by atoms with E-state index in [1.165, 1.54) is 39.7 Å². The van der Waals surface area contributed by atoms with Gasteiger partial charge >= 0.3 is 5.82 Å². The Kier molecular flexibility index (Phi) is 6.03. The number of halogens is 1. The Bertz CT molecular complexity index is 1020. The molecule has 1 amide bonds. The fraction of sp³-hybridized carbons (Fsp3) is 0.294. The third kappa shape index (κ3) is 4.66. The number of hydrogen-bond acceptors (Lipinski definition) is 7. The van der Waals surface area contributed by atoms with E-state index in [0.29, 0.717) is 0 Å². The number of nitrogens with zero attached hydrogens (tertiary/aromatic N) is 4. The first-order valence-corrected chi connectivity index (χ1v) is 9.99. The van der Waals surface area contributed by atoms with E-state index in [1.54, 1.807) is 0 Å². The molecule has 0 atom stereocenters. The number of benzene rings is 1. The fourth-order valence-corrected chi connectivity index (χ4v) is 4.27. The lowest BCUT2D eigenvalue weighted by molar-refractivity contribution is -0.390. The zero-order chi connectivity index (χ0) is 21.0. The molecule has 0 bridgehead atoms. The van der Waals surface area contributed by atoms with E-state index >= 15 is 0 Å². The van der Waals surface area contributed by atoms with E-state index in [1.807, 2.05) is 0 Å². The number of carbonyl (C=O) groups is 1. The van der Waals surface area contributed by atoms with Gasteiger partial charge in [-0.1, -0.05) is 6.07 Å². The summed E-state index contributed by atoms with van der Waals surface area (Å²) in [7, 11) is -3.86. The maximum atomic E-state index is 13.3. The number of amides is 1. The second-order valence-corrected chi connectivity index (χ2v) is 8.05. The van der Waals surface area contributed by atoms with Gasteiger partial charge < -0.3 is 19.8 Å². The smallest absolute Gasteiger partial charge is 0.406 e. The molecule has 0 aliphatic carbocycles. The number of sulfonamides is 1. The first-order chi connectivity index (χ1) is 13.8. The van der Waals surface area contributed by atoms with Crippen LogP contribution in [0.2, 0.25) is 0 Å². The van der Waals surface area contributed by atoms with E-state index in [-0.39, 0.29) is 36.8 Å². The van der Waals surface area contributed by atoms with Gasteiger partial charge in [0, 0.05) is 26.2 Å². The van der Waals surface area contributed by atoms with Gasteiger partial charge in [-0.2, -0.15) is 4.31 Å². The SMILES string of the molecule is O=C(COc1cccnc1[N+](=O)[O-])N1CCN(S(=O)(=O)c2cccc(F)c2)CC1. The summed E-state index contributed by atoms with van der Waals surface area (Å²) in [6.07, 6.45) is 1.24. The molecule has 154 valence electrons. The molecule has 0 spiro atoms. The maximum absolute atomic E-state index is 13.3. The van der Waals surface area contributed by atoms with Crippen LogP contribution in [0.3, 0.4) is 0 Å². The maximum Gasteiger partial charge on any atom is 0.406 e. The van der Waals surface area contributed by atoms with Crippen LogP contribution < -0.4 is 4.74 Å². The molecule has 1 aliphatic heterocycles. The monoisotopic (exact) mass is 424 g/mol. The molecule has 1 fully saturated rings. The number of aromatic nitrogens is 1. The second-order valence-electron chi connectivity index (χ2n) is 6.11. The van der Waals surface area contributed by atoms with Crippen LogP contribution in [0.25, 0.3) is 0 Å². The summed E-state index contributed by atoms with van der Waals surface area (Å²) in [5, 5.41) is 10.9. The van der Waals surface area contributed by atoms with E-state index in [9.17, 15) is 27.7 Å². The number of rotatable bonds is 6. The van der Waals surface area contributed by atoms with Crippen LogP contribution in [-0.2, 0) is 14.8 Å². The summed E-state index contributed by atoms with van der Waals surface area (Å²) >= 11 is 0. The van der Waals surface area contributed by atoms with Crippen LogP contribution in [0.15, 0.2) is 47.5 Å². The molecule has 0 saturated carbocycles. The van der Waals surface area contributed by atoms with Crippen LogP contribution in [0.5, 0.6) is 5.75 Å². The third-order valence-electron chi connectivity index (χ3n) is 4.30. The topological polar surface area (TPSA) is 123 Å². The zero-order valence-corrected chi connectivity index (χ0v) is 15.9. The Labute approximate surface area is 165 Å². The fourth-order valence-electron chi connectivity index (χ4n) is 2.82. The van der Waals surface area contributed by atoms with Crippen molar-refractivity contribution in [3.05, 3.63) is 58.5 Å². The molecule has 0 radical (unpaired) electrons. The van der Waals surface area contributed by atoms with Crippen LogP contribution in [0, 0.1) is 15.9 Å². The minimum absolute atomic E-state index is 0.0393. The lowest BCUT2D eigenvalue weighted by Crippen LogP contribution is -2.51. The van der Waals surface area contributed by atoms with Crippen molar-refractivity contribution in [3.63, 3.8) is 0 Å². The molecule has 3 rings (SSSR count). The summed E-state index contributed by atoms with van der Waals surface area (Å²) in [5.41, 5.74) is 0. The number of nitro groups is 1. The standard InChI is InChI=1S/C17H17FN4O6S/c18-13-3-1-4-14(11-13)29(26,27)21-9-7-20(8-10-21)16(23)12-28-15-5-2-6-19-17(15)22(24)25/h1-6,11H,7-10,12H2. The van der Waals surface area contributed by atoms with Crippen LogP contribution in [0.4, 0.5) is 10.2 Å². The van der Waals surface area contributed by atoms with Crippen molar-refractivity contribution < 1.29 is 27.3 Å². The highest BCUT2D eigenvalue weighted by atomic mass is 32.2. The van der Waals surface area contributed by atoms with Crippen molar-refractivity contribution in [2.24, 2.45) is 0 Å². The Balaban J connectivity index is 1.58. The van der Waals surface area contributed by atoms with Gasteiger partial charge in [-0.25, -0.2) is 12.8 Å². The second kappa shape index (κ2) is 8.49. The van der Waals surface area contributed by atoms with Gasteiger partial charge in [0.05, 0.1) is 4.90 Å². The lowest BCUT2D eigenvalue weighted by atomic mass is 10.3. The van der Waals surface area contributed by atoms with Gasteiger partial charge in [-0.05, 0) is 40.2 Å². The predicted molar refractivity (Wildman–Crippen MR) is 98.1 cm³/mol. The minimum atomic E-state index is -3.86. The Morgan fingerprint density at radius 3 is 2.59 bits per heavy atom. The Morgan fingerprint density at radius 1 is 1.21 bits per heavy atom. The van der Waals surface area contributed by atoms with Crippen LogP contribution >= 0.6 is 0 Å². The van der Waals surface area contributed by atoms with Crippen molar-refractivity contribution in [2.45, 2.75) is 4.90 Å². The summed E-state index contributed by atoms with van der Waals surface area (Å²) in [5.74, 6) is -1.71. The highest BCUT2D eigenvalue weighted by Crippen LogP contribution is 2.23. The van der Waals surface area contributed by atoms with Crippen molar-refractivity contribution >= 4 is 21.7 Å². The van der Waals surface area contributed by atoms with Gasteiger partial charge in [0.15, 0.2) is 6.61 Å². The largest absolute Gasteiger partial charge is 0.476 e. The normalized spacial score (nSPS) is 15.1. The van der Waals surface area contributed by atoms with Crippen LogP contribution in [-0.4, -0.2) is 66.2 Å². The molecular weight excluding hydrogens is 407 g/mol. The first kappa shape index (κ1) is 20.6. The average molecular weight is 424 g/mol. The van der Waals surface area contributed by atoms with Crippen molar-refractivity contribution in [1.82, 2.24) is 14.2 Å². The van der Waals surface area contributed by atoms with Crippen molar-refractivity contribution in [2.75, 3.05) is 32.8 Å². The summed E-state index contributed by atoms with van der Waals surface area (Å²) in [6.45, 7) is -0.129. The number of ether oxygens (including phenoxy) is 1. The molecule has 2 heterocycles.